The number of oxazole rings is 1. The zero-order valence-electron chi connectivity index (χ0n) is 14.6. The minimum Gasteiger partial charge on any atom is -0.497 e. The highest BCUT2D eigenvalue weighted by Crippen LogP contribution is 2.44. The van der Waals surface area contributed by atoms with Crippen LogP contribution in [0.5, 0.6) is 11.5 Å². The molecule has 1 saturated carbocycles. The molecule has 3 aromatic rings. The van der Waals surface area contributed by atoms with Gasteiger partial charge in [0.1, 0.15) is 23.8 Å². The molecule has 1 aliphatic rings. The Kier molecular flexibility index (Phi) is 4.63. The Balaban J connectivity index is 1.69. The van der Waals surface area contributed by atoms with Crippen molar-refractivity contribution >= 4 is 0 Å². The van der Waals surface area contributed by atoms with Crippen molar-refractivity contribution in [1.29, 1.82) is 0 Å². The standard InChI is InChI=1S/C21H21NO4/c1-24-17-8-4-14(5-9-17)19-20(26-21(22-19)16-2-3-16)15-6-10-18(11-7-15)25-13-12-23/h4-11,16,23H,2-3,12-13H2,1H3. The van der Waals surface area contributed by atoms with E-state index in [0.717, 1.165) is 52.8 Å². The molecule has 5 nitrogen and oxygen atoms in total. The van der Waals surface area contributed by atoms with E-state index in [4.69, 9.17) is 24.0 Å². The first-order valence-electron chi connectivity index (χ1n) is 8.77. The van der Waals surface area contributed by atoms with Gasteiger partial charge in [0.05, 0.1) is 13.7 Å². The number of nitrogens with zero attached hydrogens (tertiary/aromatic N) is 1. The predicted molar refractivity (Wildman–Crippen MR) is 98.5 cm³/mol. The number of rotatable bonds is 7. The zero-order chi connectivity index (χ0) is 17.9. The van der Waals surface area contributed by atoms with Crippen molar-refractivity contribution in [2.24, 2.45) is 0 Å². The summed E-state index contributed by atoms with van der Waals surface area (Å²) < 4.78 is 16.8. The largest absolute Gasteiger partial charge is 0.497 e. The summed E-state index contributed by atoms with van der Waals surface area (Å²) >= 11 is 0. The molecular weight excluding hydrogens is 330 g/mol. The van der Waals surface area contributed by atoms with Crippen molar-refractivity contribution in [2.75, 3.05) is 20.3 Å². The number of aliphatic hydroxyl groups is 1. The Hall–Kier alpha value is -2.79. The summed E-state index contributed by atoms with van der Waals surface area (Å²) in [6, 6.07) is 15.5. The van der Waals surface area contributed by atoms with Gasteiger partial charge in [0, 0.05) is 17.0 Å². The van der Waals surface area contributed by atoms with Gasteiger partial charge in [-0.15, -0.1) is 0 Å². The molecule has 134 valence electrons. The fourth-order valence-electron chi connectivity index (χ4n) is 2.85. The number of aromatic nitrogens is 1. The summed E-state index contributed by atoms with van der Waals surface area (Å²) in [5, 5.41) is 8.86. The van der Waals surface area contributed by atoms with Gasteiger partial charge in [-0.3, -0.25) is 0 Å². The summed E-state index contributed by atoms with van der Waals surface area (Å²) in [5.41, 5.74) is 2.79. The van der Waals surface area contributed by atoms with E-state index >= 15 is 0 Å². The quantitative estimate of drug-likeness (QED) is 0.689. The van der Waals surface area contributed by atoms with Crippen molar-refractivity contribution in [3.05, 3.63) is 54.4 Å². The van der Waals surface area contributed by atoms with Crippen molar-refractivity contribution in [2.45, 2.75) is 18.8 Å². The van der Waals surface area contributed by atoms with Gasteiger partial charge in [0.15, 0.2) is 11.7 Å². The van der Waals surface area contributed by atoms with Gasteiger partial charge in [-0.25, -0.2) is 4.98 Å². The topological polar surface area (TPSA) is 64.7 Å². The molecule has 0 unspecified atom stereocenters. The number of hydrogen-bond donors (Lipinski definition) is 1. The summed E-state index contributed by atoms with van der Waals surface area (Å²) in [5.74, 6) is 3.55. The van der Waals surface area contributed by atoms with Gasteiger partial charge in [-0.05, 0) is 61.4 Å². The molecule has 1 aromatic heterocycles. The van der Waals surface area contributed by atoms with Crippen molar-refractivity contribution in [3.63, 3.8) is 0 Å². The van der Waals surface area contributed by atoms with Crippen LogP contribution in [0.2, 0.25) is 0 Å². The van der Waals surface area contributed by atoms with Crippen LogP contribution in [0.1, 0.15) is 24.7 Å². The lowest BCUT2D eigenvalue weighted by Gasteiger charge is -2.06. The molecular formula is C21H21NO4. The first-order chi connectivity index (χ1) is 12.8. The second-order valence-corrected chi connectivity index (χ2v) is 6.33. The van der Waals surface area contributed by atoms with Crippen LogP contribution in [0.15, 0.2) is 52.9 Å². The maximum absolute atomic E-state index is 8.86. The molecule has 0 spiro atoms. The van der Waals surface area contributed by atoms with Crippen LogP contribution >= 0.6 is 0 Å². The number of methoxy groups -OCH3 is 1. The van der Waals surface area contributed by atoms with E-state index in [1.807, 2.05) is 48.5 Å². The van der Waals surface area contributed by atoms with Crippen LogP contribution in [0, 0.1) is 0 Å². The average molecular weight is 351 g/mol. The van der Waals surface area contributed by atoms with Crippen LogP contribution in [0.4, 0.5) is 0 Å². The minimum absolute atomic E-state index is 0.00375. The van der Waals surface area contributed by atoms with Crippen LogP contribution in [0.25, 0.3) is 22.6 Å². The van der Waals surface area contributed by atoms with E-state index in [1.54, 1.807) is 7.11 Å². The van der Waals surface area contributed by atoms with E-state index in [-0.39, 0.29) is 13.2 Å². The lowest BCUT2D eigenvalue weighted by atomic mass is 10.1. The summed E-state index contributed by atoms with van der Waals surface area (Å²) in [6.07, 6.45) is 2.27. The Bertz CT molecular complexity index is 864. The molecule has 1 N–H and O–H groups in total. The Labute approximate surface area is 152 Å². The molecule has 1 aliphatic carbocycles. The van der Waals surface area contributed by atoms with Gasteiger partial charge in [0.25, 0.3) is 0 Å². The minimum atomic E-state index is -0.00375. The third-order valence-electron chi connectivity index (χ3n) is 4.41. The van der Waals surface area contributed by atoms with Gasteiger partial charge in [-0.1, -0.05) is 0 Å². The highest BCUT2D eigenvalue weighted by molar-refractivity contribution is 5.77. The van der Waals surface area contributed by atoms with Crippen molar-refractivity contribution < 1.29 is 19.0 Å². The van der Waals surface area contributed by atoms with E-state index in [9.17, 15) is 0 Å². The average Bonchev–Trinajstić information content (AvgIpc) is 3.45. The summed E-state index contributed by atoms with van der Waals surface area (Å²) in [6.45, 7) is 0.279. The Morgan fingerprint density at radius 2 is 1.65 bits per heavy atom. The maximum atomic E-state index is 8.86. The highest BCUT2D eigenvalue weighted by Gasteiger charge is 2.31. The van der Waals surface area contributed by atoms with Crippen LogP contribution in [-0.2, 0) is 0 Å². The second kappa shape index (κ2) is 7.22. The maximum Gasteiger partial charge on any atom is 0.198 e. The number of ether oxygens (including phenoxy) is 2. The SMILES string of the molecule is COc1ccc(-c2nc(C3CC3)oc2-c2ccc(OCCO)cc2)cc1. The lowest BCUT2D eigenvalue weighted by molar-refractivity contribution is 0.201. The number of aliphatic hydroxyl groups excluding tert-OH is 1. The summed E-state index contributed by atoms with van der Waals surface area (Å²) in [7, 11) is 1.65. The first-order valence-corrected chi connectivity index (χ1v) is 8.77. The Morgan fingerprint density at radius 1 is 1.00 bits per heavy atom. The second-order valence-electron chi connectivity index (χ2n) is 6.33. The van der Waals surface area contributed by atoms with E-state index in [0.29, 0.717) is 5.92 Å². The normalized spacial score (nSPS) is 13.6. The molecule has 0 aliphatic heterocycles. The number of hydrogen-bond acceptors (Lipinski definition) is 5. The van der Waals surface area contributed by atoms with Gasteiger partial charge >= 0.3 is 0 Å². The molecule has 2 aromatic carbocycles. The monoisotopic (exact) mass is 351 g/mol. The van der Waals surface area contributed by atoms with E-state index in [2.05, 4.69) is 0 Å². The van der Waals surface area contributed by atoms with Crippen LogP contribution in [-0.4, -0.2) is 30.4 Å². The van der Waals surface area contributed by atoms with Crippen molar-refractivity contribution in [1.82, 2.24) is 4.98 Å². The molecule has 0 atom stereocenters. The van der Waals surface area contributed by atoms with Gasteiger partial charge < -0.3 is 19.0 Å². The predicted octanol–water partition coefficient (Wildman–Crippen LogP) is 4.27. The van der Waals surface area contributed by atoms with Gasteiger partial charge in [-0.2, -0.15) is 0 Å². The molecule has 0 bridgehead atoms. The molecule has 5 heteroatoms. The smallest absolute Gasteiger partial charge is 0.198 e. The fourth-order valence-corrected chi connectivity index (χ4v) is 2.85. The van der Waals surface area contributed by atoms with E-state index in [1.165, 1.54) is 0 Å². The summed E-state index contributed by atoms with van der Waals surface area (Å²) in [4.78, 5) is 4.77. The van der Waals surface area contributed by atoms with Crippen LogP contribution < -0.4 is 9.47 Å². The molecule has 26 heavy (non-hydrogen) atoms. The van der Waals surface area contributed by atoms with Crippen LogP contribution in [0.3, 0.4) is 0 Å². The van der Waals surface area contributed by atoms with Gasteiger partial charge in [0.2, 0.25) is 0 Å². The first kappa shape index (κ1) is 16.7. The zero-order valence-corrected chi connectivity index (χ0v) is 14.6. The molecule has 0 radical (unpaired) electrons. The molecule has 4 rings (SSSR count). The molecule has 1 heterocycles. The molecule has 0 amide bonds. The van der Waals surface area contributed by atoms with Crippen molar-refractivity contribution in [3.8, 4) is 34.1 Å². The molecule has 1 fully saturated rings. The third-order valence-corrected chi connectivity index (χ3v) is 4.41. The molecule has 0 saturated heterocycles. The lowest BCUT2D eigenvalue weighted by Crippen LogP contribution is -2.01. The third kappa shape index (κ3) is 3.44. The number of benzene rings is 2. The fraction of sp³-hybridized carbons (Fsp3) is 0.286. The van der Waals surface area contributed by atoms with E-state index < -0.39 is 0 Å². The Morgan fingerprint density at radius 3 is 2.27 bits per heavy atom. The highest BCUT2D eigenvalue weighted by atomic mass is 16.5.